The Labute approximate surface area is 194 Å². The molecule has 170 valence electrons. The van der Waals surface area contributed by atoms with Gasteiger partial charge in [0, 0.05) is 35.8 Å². The molecule has 32 heavy (non-hydrogen) atoms. The van der Waals surface area contributed by atoms with Crippen molar-refractivity contribution in [3.63, 3.8) is 0 Å². The van der Waals surface area contributed by atoms with E-state index >= 15 is 0 Å². The van der Waals surface area contributed by atoms with Crippen LogP contribution in [-0.4, -0.2) is 41.8 Å². The van der Waals surface area contributed by atoms with Crippen LogP contribution < -0.4 is 10.6 Å². The maximum atomic E-state index is 12.8. The molecule has 1 aliphatic rings. The van der Waals surface area contributed by atoms with E-state index in [0.717, 1.165) is 31.5 Å². The van der Waals surface area contributed by atoms with Crippen LogP contribution in [0.25, 0.3) is 0 Å². The minimum absolute atomic E-state index is 0.0353. The second-order valence-corrected chi connectivity index (χ2v) is 8.91. The zero-order valence-electron chi connectivity index (χ0n) is 18.6. The summed E-state index contributed by atoms with van der Waals surface area (Å²) in [7, 11) is 0. The Morgan fingerprint density at radius 1 is 0.969 bits per heavy atom. The first-order chi connectivity index (χ1) is 15.3. The van der Waals surface area contributed by atoms with Crippen molar-refractivity contribution in [2.45, 2.75) is 45.7 Å². The summed E-state index contributed by atoms with van der Waals surface area (Å²) in [4.78, 5) is 40.0. The summed E-state index contributed by atoms with van der Waals surface area (Å²) in [5, 5.41) is 6.24. The fraction of sp³-hybridized carbons (Fsp3) is 0.400. The van der Waals surface area contributed by atoms with Crippen molar-refractivity contribution in [2.24, 2.45) is 5.92 Å². The number of hydrogen-bond acceptors (Lipinski definition) is 3. The molecule has 2 N–H and O–H groups in total. The number of hydrogen-bond donors (Lipinski definition) is 2. The molecule has 7 heteroatoms. The molecule has 1 aliphatic heterocycles. The van der Waals surface area contributed by atoms with Crippen LogP contribution in [-0.2, 0) is 11.3 Å². The Hall–Kier alpha value is -2.86. The van der Waals surface area contributed by atoms with Crippen molar-refractivity contribution in [3.8, 4) is 0 Å². The van der Waals surface area contributed by atoms with E-state index in [4.69, 9.17) is 11.6 Å². The molecule has 1 saturated heterocycles. The molecule has 0 spiro atoms. The third-order valence-electron chi connectivity index (χ3n) is 5.63. The van der Waals surface area contributed by atoms with E-state index in [1.807, 2.05) is 43.0 Å². The zero-order chi connectivity index (χ0) is 23.1. The van der Waals surface area contributed by atoms with Crippen molar-refractivity contribution in [1.82, 2.24) is 15.5 Å². The smallest absolute Gasteiger partial charge is 0.253 e. The fourth-order valence-corrected chi connectivity index (χ4v) is 3.88. The van der Waals surface area contributed by atoms with Crippen LogP contribution >= 0.6 is 11.6 Å². The van der Waals surface area contributed by atoms with Crippen LogP contribution in [0.2, 0.25) is 5.02 Å². The molecule has 0 aliphatic carbocycles. The predicted octanol–water partition coefficient (Wildman–Crippen LogP) is 4.04. The normalized spacial score (nSPS) is 14.7. The average molecular weight is 456 g/mol. The van der Waals surface area contributed by atoms with Gasteiger partial charge < -0.3 is 15.5 Å². The third-order valence-corrected chi connectivity index (χ3v) is 5.88. The van der Waals surface area contributed by atoms with Gasteiger partial charge in [0.15, 0.2) is 0 Å². The number of piperidine rings is 1. The van der Waals surface area contributed by atoms with Crippen molar-refractivity contribution < 1.29 is 14.4 Å². The summed E-state index contributed by atoms with van der Waals surface area (Å²) >= 11 is 5.88. The highest BCUT2D eigenvalue weighted by Crippen LogP contribution is 2.15. The van der Waals surface area contributed by atoms with Crippen LogP contribution in [0.5, 0.6) is 0 Å². The van der Waals surface area contributed by atoms with Gasteiger partial charge in [-0.15, -0.1) is 0 Å². The van der Waals surface area contributed by atoms with Gasteiger partial charge in [0.05, 0.1) is 0 Å². The van der Waals surface area contributed by atoms with Crippen LogP contribution in [0, 0.1) is 5.92 Å². The molecule has 0 saturated carbocycles. The minimum Gasteiger partial charge on any atom is -0.350 e. The Morgan fingerprint density at radius 2 is 1.66 bits per heavy atom. The molecular formula is C25H30ClN3O3. The van der Waals surface area contributed by atoms with Gasteiger partial charge in [-0.1, -0.05) is 37.6 Å². The van der Waals surface area contributed by atoms with Gasteiger partial charge in [-0.25, -0.2) is 0 Å². The summed E-state index contributed by atoms with van der Waals surface area (Å²) in [6, 6.07) is 13.2. The summed E-state index contributed by atoms with van der Waals surface area (Å²) in [5.74, 6) is -0.661. The molecule has 0 aromatic heterocycles. The van der Waals surface area contributed by atoms with Crippen LogP contribution in [0.1, 0.15) is 59.4 Å². The van der Waals surface area contributed by atoms with Gasteiger partial charge in [0.1, 0.15) is 6.04 Å². The number of nitrogens with zero attached hydrogens (tertiary/aromatic N) is 1. The van der Waals surface area contributed by atoms with Crippen LogP contribution in [0.4, 0.5) is 0 Å². The Kier molecular flexibility index (Phi) is 8.28. The van der Waals surface area contributed by atoms with Gasteiger partial charge in [-0.05, 0) is 67.1 Å². The Bertz CT molecular complexity index is 953. The van der Waals surface area contributed by atoms with E-state index in [2.05, 4.69) is 10.6 Å². The molecule has 0 bridgehead atoms. The summed E-state index contributed by atoms with van der Waals surface area (Å²) < 4.78 is 0. The minimum atomic E-state index is -0.684. The summed E-state index contributed by atoms with van der Waals surface area (Å²) in [6.45, 7) is 5.63. The first-order valence-corrected chi connectivity index (χ1v) is 11.5. The molecule has 1 atom stereocenters. The monoisotopic (exact) mass is 455 g/mol. The highest BCUT2D eigenvalue weighted by molar-refractivity contribution is 6.30. The van der Waals surface area contributed by atoms with Gasteiger partial charge >= 0.3 is 0 Å². The number of rotatable bonds is 7. The molecule has 2 aromatic rings. The van der Waals surface area contributed by atoms with E-state index in [1.54, 1.807) is 24.3 Å². The topological polar surface area (TPSA) is 78.5 Å². The Morgan fingerprint density at radius 3 is 2.31 bits per heavy atom. The first kappa shape index (κ1) is 23.8. The zero-order valence-corrected chi connectivity index (χ0v) is 19.3. The second-order valence-electron chi connectivity index (χ2n) is 8.47. The number of amides is 3. The SMILES string of the molecule is CC(C)C(NC(=O)c1ccc(Cl)cc1)C(=O)NCc1cccc(C(=O)N2CCCCC2)c1. The average Bonchev–Trinajstić information content (AvgIpc) is 2.81. The van der Waals surface area contributed by atoms with E-state index in [1.165, 1.54) is 6.42 Å². The lowest BCUT2D eigenvalue weighted by Gasteiger charge is -2.27. The first-order valence-electron chi connectivity index (χ1n) is 11.1. The molecule has 0 radical (unpaired) electrons. The number of carbonyl (C=O) groups excluding carboxylic acids is 3. The van der Waals surface area contributed by atoms with Gasteiger partial charge in [0.25, 0.3) is 11.8 Å². The van der Waals surface area contributed by atoms with E-state index in [-0.39, 0.29) is 30.2 Å². The maximum absolute atomic E-state index is 12.8. The van der Waals surface area contributed by atoms with Gasteiger partial charge in [0.2, 0.25) is 5.91 Å². The molecule has 1 heterocycles. The number of likely N-dealkylation sites (tertiary alicyclic amines) is 1. The second kappa shape index (κ2) is 11.1. The highest BCUT2D eigenvalue weighted by atomic mass is 35.5. The molecular weight excluding hydrogens is 426 g/mol. The number of carbonyl (C=O) groups is 3. The third kappa shape index (κ3) is 6.33. The molecule has 6 nitrogen and oxygen atoms in total. The molecule has 1 unspecified atom stereocenters. The summed E-state index contributed by atoms with van der Waals surface area (Å²) in [6.07, 6.45) is 3.25. The molecule has 1 fully saturated rings. The summed E-state index contributed by atoms with van der Waals surface area (Å²) in [5.41, 5.74) is 1.92. The fourth-order valence-electron chi connectivity index (χ4n) is 3.75. The lowest BCUT2D eigenvalue weighted by molar-refractivity contribution is -0.124. The van der Waals surface area contributed by atoms with E-state index in [9.17, 15) is 14.4 Å². The van der Waals surface area contributed by atoms with E-state index in [0.29, 0.717) is 16.1 Å². The molecule has 3 amide bonds. The van der Waals surface area contributed by atoms with Crippen molar-refractivity contribution in [1.29, 1.82) is 0 Å². The van der Waals surface area contributed by atoms with Gasteiger partial charge in [-0.2, -0.15) is 0 Å². The Balaban J connectivity index is 1.60. The number of nitrogens with one attached hydrogen (secondary N) is 2. The van der Waals surface area contributed by atoms with Crippen molar-refractivity contribution in [3.05, 3.63) is 70.2 Å². The van der Waals surface area contributed by atoms with Gasteiger partial charge in [-0.3, -0.25) is 14.4 Å². The number of benzene rings is 2. The van der Waals surface area contributed by atoms with Crippen molar-refractivity contribution in [2.75, 3.05) is 13.1 Å². The highest BCUT2D eigenvalue weighted by Gasteiger charge is 2.25. The maximum Gasteiger partial charge on any atom is 0.253 e. The standard InChI is InChI=1S/C25H30ClN3O3/c1-17(2)22(28-23(30)19-9-11-21(26)12-10-19)24(31)27-16-18-7-6-8-20(15-18)25(32)29-13-4-3-5-14-29/h6-12,15,17,22H,3-5,13-14,16H2,1-2H3,(H,27,31)(H,28,30). The molecule has 3 rings (SSSR count). The lowest BCUT2D eigenvalue weighted by atomic mass is 10.0. The predicted molar refractivity (Wildman–Crippen MR) is 126 cm³/mol. The molecule has 2 aromatic carbocycles. The largest absolute Gasteiger partial charge is 0.350 e. The van der Waals surface area contributed by atoms with E-state index < -0.39 is 6.04 Å². The lowest BCUT2D eigenvalue weighted by Crippen LogP contribution is -2.49. The van der Waals surface area contributed by atoms with Crippen LogP contribution in [0.15, 0.2) is 48.5 Å². The quantitative estimate of drug-likeness (QED) is 0.661. The van der Waals surface area contributed by atoms with Crippen LogP contribution in [0.3, 0.4) is 0 Å². The number of halogens is 1. The van der Waals surface area contributed by atoms with Crippen molar-refractivity contribution >= 4 is 29.3 Å².